The molecule has 1 aliphatic rings. The third kappa shape index (κ3) is 3.38. The Hall–Kier alpha value is -1.55. The lowest BCUT2D eigenvalue weighted by Crippen LogP contribution is -2.53. The molecule has 2 N–H and O–H groups in total. The van der Waals surface area contributed by atoms with Crippen LogP contribution in [0.1, 0.15) is 51.0 Å². The molecule has 4 heteroatoms. The number of carboxylic acids is 1. The second-order valence-corrected chi connectivity index (χ2v) is 5.77. The van der Waals surface area contributed by atoms with E-state index < -0.39 is 11.5 Å². The van der Waals surface area contributed by atoms with Gasteiger partial charge in [0.2, 0.25) is 0 Å². The summed E-state index contributed by atoms with van der Waals surface area (Å²) < 4.78 is 5.16. The van der Waals surface area contributed by atoms with E-state index >= 15 is 0 Å². The molecule has 4 nitrogen and oxygen atoms in total. The van der Waals surface area contributed by atoms with Crippen molar-refractivity contribution >= 4 is 5.97 Å². The molecule has 0 heterocycles. The third-order valence-electron chi connectivity index (χ3n) is 4.53. The van der Waals surface area contributed by atoms with Crippen molar-refractivity contribution in [2.24, 2.45) is 0 Å². The molecule has 1 saturated carbocycles. The Labute approximate surface area is 126 Å². The van der Waals surface area contributed by atoms with Crippen molar-refractivity contribution in [2.45, 2.75) is 57.0 Å². The first-order valence-electron chi connectivity index (χ1n) is 7.78. The van der Waals surface area contributed by atoms with Crippen LogP contribution >= 0.6 is 0 Å². The Bertz CT molecular complexity index is 465. The van der Waals surface area contributed by atoms with Crippen molar-refractivity contribution in [3.05, 3.63) is 29.8 Å². The lowest BCUT2D eigenvalue weighted by molar-refractivity contribution is -0.146. The summed E-state index contributed by atoms with van der Waals surface area (Å²) in [5, 5.41) is 13.3. The van der Waals surface area contributed by atoms with Crippen LogP contribution in [0.2, 0.25) is 0 Å². The van der Waals surface area contributed by atoms with Gasteiger partial charge in [0.25, 0.3) is 0 Å². The van der Waals surface area contributed by atoms with E-state index in [2.05, 4.69) is 5.32 Å². The zero-order chi connectivity index (χ0) is 15.3. The normalized spacial score (nSPS) is 19.0. The van der Waals surface area contributed by atoms with Crippen molar-refractivity contribution in [3.63, 3.8) is 0 Å². The van der Waals surface area contributed by atoms with E-state index in [9.17, 15) is 9.90 Å². The summed E-state index contributed by atoms with van der Waals surface area (Å²) in [5.74, 6) is -0.0625. The van der Waals surface area contributed by atoms with Crippen molar-refractivity contribution < 1.29 is 14.6 Å². The van der Waals surface area contributed by atoms with Gasteiger partial charge in [-0.1, -0.05) is 38.3 Å². The first-order chi connectivity index (χ1) is 10.1. The predicted molar refractivity (Wildman–Crippen MR) is 82.6 cm³/mol. The highest BCUT2D eigenvalue weighted by atomic mass is 16.5. The summed E-state index contributed by atoms with van der Waals surface area (Å²) in [6, 6.07) is 7.64. The van der Waals surface area contributed by atoms with Crippen molar-refractivity contribution in [3.8, 4) is 5.75 Å². The smallest absolute Gasteiger partial charge is 0.328 e. The Morgan fingerprint density at radius 2 is 1.90 bits per heavy atom. The van der Waals surface area contributed by atoms with Gasteiger partial charge in [-0.3, -0.25) is 5.32 Å². The van der Waals surface area contributed by atoms with E-state index in [4.69, 9.17) is 4.74 Å². The molecule has 0 aliphatic heterocycles. The van der Waals surface area contributed by atoms with E-state index in [1.165, 1.54) is 19.3 Å². The van der Waals surface area contributed by atoms with Crippen LogP contribution in [-0.2, 0) is 10.3 Å². The summed E-state index contributed by atoms with van der Waals surface area (Å²) in [7, 11) is 1.61. The van der Waals surface area contributed by atoms with E-state index in [1.807, 2.05) is 31.2 Å². The lowest BCUT2D eigenvalue weighted by atomic mass is 9.84. The Morgan fingerprint density at radius 1 is 1.29 bits per heavy atom. The van der Waals surface area contributed by atoms with Crippen LogP contribution in [-0.4, -0.2) is 24.2 Å². The van der Waals surface area contributed by atoms with Gasteiger partial charge in [-0.25, -0.2) is 4.79 Å². The molecular weight excluding hydrogens is 266 g/mol. The SMILES string of the molecule is CCC(NC1CCCCC1)(C(=O)O)c1ccc(OC)cc1. The molecule has 116 valence electrons. The Morgan fingerprint density at radius 3 is 2.38 bits per heavy atom. The number of benzene rings is 1. The average Bonchev–Trinajstić information content (AvgIpc) is 2.53. The fraction of sp³-hybridized carbons (Fsp3) is 0.588. The van der Waals surface area contributed by atoms with Gasteiger partial charge in [-0.2, -0.15) is 0 Å². The number of hydrogen-bond acceptors (Lipinski definition) is 3. The van der Waals surface area contributed by atoms with E-state index in [1.54, 1.807) is 7.11 Å². The predicted octanol–water partition coefficient (Wildman–Crippen LogP) is 3.31. The van der Waals surface area contributed by atoms with Gasteiger partial charge in [-0.15, -0.1) is 0 Å². The van der Waals surface area contributed by atoms with Gasteiger partial charge in [0.1, 0.15) is 11.3 Å². The van der Waals surface area contributed by atoms with Gasteiger partial charge < -0.3 is 9.84 Å². The minimum absolute atomic E-state index is 0.289. The second kappa shape index (κ2) is 6.94. The lowest BCUT2D eigenvalue weighted by Gasteiger charge is -2.36. The number of methoxy groups -OCH3 is 1. The minimum atomic E-state index is -1.01. The van der Waals surface area contributed by atoms with Crippen LogP contribution in [0.3, 0.4) is 0 Å². The number of aliphatic carboxylic acids is 1. The van der Waals surface area contributed by atoms with Crippen LogP contribution in [0.4, 0.5) is 0 Å². The molecule has 0 amide bonds. The average molecular weight is 291 g/mol. The van der Waals surface area contributed by atoms with Crippen molar-refractivity contribution in [2.75, 3.05) is 7.11 Å². The highest BCUT2D eigenvalue weighted by Crippen LogP contribution is 2.30. The summed E-state index contributed by atoms with van der Waals surface area (Å²) in [5.41, 5.74) is -0.210. The topological polar surface area (TPSA) is 58.6 Å². The molecule has 1 unspecified atom stereocenters. The number of nitrogens with one attached hydrogen (secondary N) is 1. The van der Waals surface area contributed by atoms with Gasteiger partial charge in [0.05, 0.1) is 7.11 Å². The first kappa shape index (κ1) is 15.8. The molecule has 0 radical (unpaired) electrons. The fourth-order valence-corrected chi connectivity index (χ4v) is 3.20. The van der Waals surface area contributed by atoms with Gasteiger partial charge in [-0.05, 0) is 37.0 Å². The van der Waals surface area contributed by atoms with Crippen LogP contribution in [0.5, 0.6) is 5.75 Å². The molecule has 1 aromatic rings. The summed E-state index contributed by atoms with van der Waals surface area (Å²) in [6.07, 6.45) is 6.26. The summed E-state index contributed by atoms with van der Waals surface area (Å²) >= 11 is 0. The zero-order valence-corrected chi connectivity index (χ0v) is 12.9. The number of ether oxygens (including phenoxy) is 1. The largest absolute Gasteiger partial charge is 0.497 e. The van der Waals surface area contributed by atoms with Gasteiger partial charge >= 0.3 is 5.97 Å². The number of rotatable bonds is 6. The molecule has 0 bridgehead atoms. The standard InChI is InChI=1S/C17H25NO3/c1-3-17(16(19)20,18-14-7-5-4-6-8-14)13-9-11-15(21-2)12-10-13/h9-12,14,18H,3-8H2,1-2H3,(H,19,20). The van der Waals surface area contributed by atoms with Crippen LogP contribution in [0.25, 0.3) is 0 Å². The van der Waals surface area contributed by atoms with E-state index in [0.29, 0.717) is 6.42 Å². The monoisotopic (exact) mass is 291 g/mol. The quantitative estimate of drug-likeness (QED) is 0.844. The molecule has 2 rings (SSSR count). The van der Waals surface area contributed by atoms with Gasteiger partial charge in [0, 0.05) is 6.04 Å². The molecule has 0 saturated heterocycles. The Balaban J connectivity index is 2.28. The van der Waals surface area contributed by atoms with E-state index in [0.717, 1.165) is 24.2 Å². The summed E-state index contributed by atoms with van der Waals surface area (Å²) in [6.45, 7) is 1.92. The molecule has 1 aliphatic carbocycles. The Kier molecular flexibility index (Phi) is 5.23. The second-order valence-electron chi connectivity index (χ2n) is 5.77. The highest BCUT2D eigenvalue weighted by Gasteiger charge is 2.40. The number of carbonyl (C=O) groups is 1. The maximum absolute atomic E-state index is 12.0. The minimum Gasteiger partial charge on any atom is -0.497 e. The maximum atomic E-state index is 12.0. The summed E-state index contributed by atoms with van der Waals surface area (Å²) in [4.78, 5) is 12.0. The van der Waals surface area contributed by atoms with Crippen molar-refractivity contribution in [1.82, 2.24) is 5.32 Å². The molecule has 0 aromatic heterocycles. The molecule has 21 heavy (non-hydrogen) atoms. The molecule has 1 aromatic carbocycles. The van der Waals surface area contributed by atoms with Crippen LogP contribution < -0.4 is 10.1 Å². The first-order valence-corrected chi connectivity index (χ1v) is 7.78. The fourth-order valence-electron chi connectivity index (χ4n) is 3.20. The van der Waals surface area contributed by atoms with E-state index in [-0.39, 0.29) is 6.04 Å². The van der Waals surface area contributed by atoms with Crippen LogP contribution in [0, 0.1) is 0 Å². The van der Waals surface area contributed by atoms with Crippen molar-refractivity contribution in [1.29, 1.82) is 0 Å². The molecule has 1 fully saturated rings. The zero-order valence-electron chi connectivity index (χ0n) is 12.9. The molecule has 1 atom stereocenters. The van der Waals surface area contributed by atoms with Gasteiger partial charge in [0.15, 0.2) is 0 Å². The van der Waals surface area contributed by atoms with Crippen LogP contribution in [0.15, 0.2) is 24.3 Å². The highest BCUT2D eigenvalue weighted by molar-refractivity contribution is 5.81. The molecule has 0 spiro atoms. The number of hydrogen-bond donors (Lipinski definition) is 2. The maximum Gasteiger partial charge on any atom is 0.328 e. The molecular formula is C17H25NO3. The number of carboxylic acid groups (broad SMARTS) is 1. The third-order valence-corrected chi connectivity index (χ3v) is 4.53.